The van der Waals surface area contributed by atoms with E-state index in [1.165, 1.54) is 0 Å². The van der Waals surface area contributed by atoms with E-state index in [0.29, 0.717) is 23.7 Å². The molecular weight excluding hydrogens is 222 g/mol. The Kier molecular flexibility index (Phi) is 3.37. The molecule has 1 heterocycles. The van der Waals surface area contributed by atoms with Crippen molar-refractivity contribution < 1.29 is 19.0 Å². The van der Waals surface area contributed by atoms with Crippen LogP contribution in [0, 0.1) is 0 Å². The molecule has 0 bridgehead atoms. The zero-order valence-corrected chi connectivity index (χ0v) is 10.0. The quantitative estimate of drug-likeness (QED) is 0.802. The van der Waals surface area contributed by atoms with Gasteiger partial charge in [0.2, 0.25) is 0 Å². The fourth-order valence-corrected chi connectivity index (χ4v) is 1.76. The Balaban J connectivity index is 2.46. The Morgan fingerprint density at radius 3 is 2.24 bits per heavy atom. The van der Waals surface area contributed by atoms with Crippen LogP contribution in [0.1, 0.15) is 18.1 Å². The number of hydrogen-bond donors (Lipinski definition) is 0. The van der Waals surface area contributed by atoms with E-state index in [9.17, 15) is 0 Å². The zero-order chi connectivity index (χ0) is 12.3. The molecule has 1 aromatic carbocycles. The molecule has 1 aromatic rings. The minimum atomic E-state index is -0.217. The molecule has 0 spiro atoms. The van der Waals surface area contributed by atoms with Crippen LogP contribution < -0.4 is 14.2 Å². The summed E-state index contributed by atoms with van der Waals surface area (Å²) in [5.41, 5.74) is 0.824. The van der Waals surface area contributed by atoms with E-state index >= 15 is 0 Å². The van der Waals surface area contributed by atoms with Crippen LogP contribution in [-0.4, -0.2) is 27.5 Å². The van der Waals surface area contributed by atoms with Gasteiger partial charge in [-0.2, -0.15) is 0 Å². The molecule has 0 fully saturated rings. The van der Waals surface area contributed by atoms with Gasteiger partial charge in [-0.3, -0.25) is 0 Å². The van der Waals surface area contributed by atoms with Crippen LogP contribution in [0.3, 0.4) is 0 Å². The molecule has 1 unspecified atom stereocenters. The summed E-state index contributed by atoms with van der Waals surface area (Å²) in [5, 5.41) is 3.64. The van der Waals surface area contributed by atoms with Crippen LogP contribution in [0.2, 0.25) is 0 Å². The average Bonchev–Trinajstić information content (AvgIpc) is 2.90. The van der Waals surface area contributed by atoms with Crippen molar-refractivity contribution in [2.75, 3.05) is 21.3 Å². The summed E-state index contributed by atoms with van der Waals surface area (Å²) >= 11 is 0. The molecule has 5 nitrogen and oxygen atoms in total. The normalized spacial score (nSPS) is 17.7. The summed E-state index contributed by atoms with van der Waals surface area (Å²) in [6, 6.07) is 3.58. The molecule has 1 atom stereocenters. The van der Waals surface area contributed by atoms with Crippen molar-refractivity contribution in [1.82, 2.24) is 0 Å². The predicted octanol–water partition coefficient (Wildman–Crippen LogP) is 2.04. The second-order valence-electron chi connectivity index (χ2n) is 3.49. The van der Waals surface area contributed by atoms with Crippen LogP contribution in [0.5, 0.6) is 17.2 Å². The van der Waals surface area contributed by atoms with Gasteiger partial charge in [-0.25, -0.2) is 0 Å². The molecule has 0 aliphatic carbocycles. The fourth-order valence-electron chi connectivity index (χ4n) is 1.76. The highest BCUT2D eigenvalue weighted by atomic mass is 16.6. The van der Waals surface area contributed by atoms with Crippen LogP contribution in [0.15, 0.2) is 17.3 Å². The lowest BCUT2D eigenvalue weighted by atomic mass is 10.0. The van der Waals surface area contributed by atoms with E-state index in [2.05, 4.69) is 11.4 Å². The van der Waals surface area contributed by atoms with Gasteiger partial charge in [-0.15, -0.1) is 0 Å². The maximum atomic E-state index is 5.33. The zero-order valence-electron chi connectivity index (χ0n) is 10.0. The first-order valence-electron chi connectivity index (χ1n) is 5.18. The number of methoxy groups -OCH3 is 3. The summed E-state index contributed by atoms with van der Waals surface area (Å²) in [6.07, 6.45) is 3.13. The molecular formula is C12H14NO4. The molecule has 1 aliphatic heterocycles. The number of hydrogen-bond acceptors (Lipinski definition) is 5. The third kappa shape index (κ3) is 2.13. The fraction of sp³-hybridized carbons (Fsp3) is 0.417. The number of nitrogens with zero attached hydrogens (tertiary/aromatic N) is 1. The Bertz CT molecular complexity index is 398. The second-order valence-corrected chi connectivity index (χ2v) is 3.49. The topological polar surface area (TPSA) is 49.3 Å². The average molecular weight is 236 g/mol. The minimum Gasteiger partial charge on any atom is -0.496 e. The molecule has 17 heavy (non-hydrogen) atoms. The smallest absolute Gasteiger partial charge is 0.165 e. The van der Waals surface area contributed by atoms with Crippen molar-refractivity contribution in [3.8, 4) is 17.2 Å². The third-order valence-corrected chi connectivity index (χ3v) is 2.60. The number of rotatable bonds is 4. The molecule has 0 N–H and O–H groups in total. The highest BCUT2D eigenvalue weighted by Crippen LogP contribution is 2.41. The minimum absolute atomic E-state index is 0.217. The molecule has 0 amide bonds. The standard InChI is InChI=1S/C12H14NO4/c1-14-8-6-10(15-2)12(11(7-8)16-3)9-4-5-13-17-9/h6-7,9H,4H2,1-3H3. The van der Waals surface area contributed by atoms with Gasteiger partial charge in [0, 0.05) is 18.6 Å². The SMILES string of the molecule is COc1cc(OC)c(C2C[C]=NO2)c(OC)c1. The van der Waals surface area contributed by atoms with Gasteiger partial charge in [-0.1, -0.05) is 5.16 Å². The van der Waals surface area contributed by atoms with Crippen molar-refractivity contribution in [2.45, 2.75) is 12.5 Å². The summed E-state index contributed by atoms with van der Waals surface area (Å²) in [6.45, 7) is 0. The summed E-state index contributed by atoms with van der Waals surface area (Å²) in [4.78, 5) is 5.21. The van der Waals surface area contributed by atoms with Gasteiger partial charge in [0.25, 0.3) is 0 Å². The van der Waals surface area contributed by atoms with E-state index < -0.39 is 0 Å². The molecule has 1 radical (unpaired) electrons. The largest absolute Gasteiger partial charge is 0.496 e. The van der Waals surface area contributed by atoms with E-state index in [1.807, 2.05) is 0 Å². The second kappa shape index (κ2) is 4.95. The van der Waals surface area contributed by atoms with Crippen molar-refractivity contribution in [3.05, 3.63) is 17.7 Å². The highest BCUT2D eigenvalue weighted by Gasteiger charge is 2.26. The summed E-state index contributed by atoms with van der Waals surface area (Å²) in [5.74, 6) is 1.99. The number of ether oxygens (including phenoxy) is 3. The van der Waals surface area contributed by atoms with Crippen LogP contribution in [0.25, 0.3) is 0 Å². The van der Waals surface area contributed by atoms with Crippen molar-refractivity contribution in [3.63, 3.8) is 0 Å². The summed E-state index contributed by atoms with van der Waals surface area (Å²) in [7, 11) is 4.78. The summed E-state index contributed by atoms with van der Waals surface area (Å²) < 4.78 is 15.8. The maximum Gasteiger partial charge on any atom is 0.165 e. The molecule has 5 heteroatoms. The molecule has 0 saturated carbocycles. The molecule has 91 valence electrons. The first-order chi connectivity index (χ1) is 8.30. The van der Waals surface area contributed by atoms with Crippen LogP contribution >= 0.6 is 0 Å². The van der Waals surface area contributed by atoms with Crippen molar-refractivity contribution in [2.24, 2.45) is 5.16 Å². The lowest BCUT2D eigenvalue weighted by Crippen LogP contribution is -2.03. The Hall–Kier alpha value is -1.91. The van der Waals surface area contributed by atoms with E-state index in [1.54, 1.807) is 33.5 Å². The van der Waals surface area contributed by atoms with Gasteiger partial charge in [0.15, 0.2) is 6.10 Å². The van der Waals surface area contributed by atoms with Crippen molar-refractivity contribution in [1.29, 1.82) is 0 Å². The van der Waals surface area contributed by atoms with Crippen LogP contribution in [0.4, 0.5) is 0 Å². The molecule has 0 aromatic heterocycles. The molecule has 0 saturated heterocycles. The molecule has 1 aliphatic rings. The van der Waals surface area contributed by atoms with Gasteiger partial charge in [0.1, 0.15) is 23.5 Å². The van der Waals surface area contributed by atoms with Gasteiger partial charge >= 0.3 is 0 Å². The van der Waals surface area contributed by atoms with Gasteiger partial charge in [0.05, 0.1) is 26.9 Å². The first-order valence-corrected chi connectivity index (χ1v) is 5.18. The van der Waals surface area contributed by atoms with Crippen molar-refractivity contribution >= 4 is 6.21 Å². The highest BCUT2D eigenvalue weighted by molar-refractivity contribution is 5.62. The monoisotopic (exact) mass is 236 g/mol. The Morgan fingerprint density at radius 2 is 1.82 bits per heavy atom. The maximum absolute atomic E-state index is 5.33. The Morgan fingerprint density at radius 1 is 1.18 bits per heavy atom. The van der Waals surface area contributed by atoms with E-state index in [-0.39, 0.29) is 6.10 Å². The van der Waals surface area contributed by atoms with E-state index in [4.69, 9.17) is 19.0 Å². The first kappa shape index (κ1) is 11.6. The lowest BCUT2D eigenvalue weighted by molar-refractivity contribution is 0.0815. The predicted molar refractivity (Wildman–Crippen MR) is 62.0 cm³/mol. The van der Waals surface area contributed by atoms with Gasteiger partial charge < -0.3 is 19.0 Å². The third-order valence-electron chi connectivity index (χ3n) is 2.60. The Labute approximate surface area is 99.9 Å². The van der Waals surface area contributed by atoms with Gasteiger partial charge in [-0.05, 0) is 0 Å². The van der Waals surface area contributed by atoms with Crippen LogP contribution in [-0.2, 0) is 4.84 Å². The molecule has 2 rings (SSSR count). The van der Waals surface area contributed by atoms with E-state index in [0.717, 1.165) is 5.56 Å². The lowest BCUT2D eigenvalue weighted by Gasteiger charge is -2.17. The number of benzene rings is 1.